The van der Waals surface area contributed by atoms with Gasteiger partial charge >= 0.3 is 0 Å². The second-order valence-electron chi connectivity index (χ2n) is 6.54. The highest BCUT2D eigenvalue weighted by atomic mass is 16.6. The molecule has 0 amide bonds. The molecule has 0 aliphatic rings. The van der Waals surface area contributed by atoms with Gasteiger partial charge in [-0.1, -0.05) is 41.5 Å². The summed E-state index contributed by atoms with van der Waals surface area (Å²) in [6.07, 6.45) is 0. The molecular weight excluding hydrogens is 284 g/mol. The molecule has 0 bridgehead atoms. The van der Waals surface area contributed by atoms with E-state index < -0.39 is 9.85 Å². The van der Waals surface area contributed by atoms with Gasteiger partial charge in [0.25, 0.3) is 11.4 Å². The van der Waals surface area contributed by atoms with Crippen molar-refractivity contribution in [3.63, 3.8) is 0 Å². The molecule has 6 heteroatoms. The van der Waals surface area contributed by atoms with Crippen molar-refractivity contribution in [2.24, 2.45) is 0 Å². The summed E-state index contributed by atoms with van der Waals surface area (Å²) in [6, 6.07) is 0. The van der Waals surface area contributed by atoms with E-state index in [-0.39, 0.29) is 34.7 Å². The van der Waals surface area contributed by atoms with Gasteiger partial charge in [0.05, 0.1) is 9.85 Å². The van der Waals surface area contributed by atoms with Crippen LogP contribution in [-0.2, 0) is 0 Å². The third-order valence-corrected chi connectivity index (χ3v) is 3.93. The summed E-state index contributed by atoms with van der Waals surface area (Å²) >= 11 is 0. The molecule has 1 aromatic carbocycles. The molecule has 0 heterocycles. The van der Waals surface area contributed by atoms with Gasteiger partial charge in [-0.25, -0.2) is 0 Å². The van der Waals surface area contributed by atoms with Gasteiger partial charge in [-0.2, -0.15) is 0 Å². The number of rotatable bonds is 5. The number of nitro benzene ring substituents is 2. The molecule has 0 aliphatic heterocycles. The lowest BCUT2D eigenvalue weighted by molar-refractivity contribution is -0.396. The summed E-state index contributed by atoms with van der Waals surface area (Å²) in [6.45, 7) is 12.8. The number of hydrogen-bond donors (Lipinski definition) is 0. The van der Waals surface area contributed by atoms with Gasteiger partial charge in [0.2, 0.25) is 0 Å². The third-order valence-electron chi connectivity index (χ3n) is 3.93. The van der Waals surface area contributed by atoms with Gasteiger partial charge in [-0.3, -0.25) is 20.2 Å². The van der Waals surface area contributed by atoms with Crippen LogP contribution in [0.4, 0.5) is 11.4 Å². The van der Waals surface area contributed by atoms with E-state index in [1.807, 2.05) is 27.7 Å². The Kier molecular flexibility index (Phi) is 5.27. The summed E-state index contributed by atoms with van der Waals surface area (Å²) in [5.74, 6) is -0.441. The lowest BCUT2D eigenvalue weighted by Gasteiger charge is -2.21. The summed E-state index contributed by atoms with van der Waals surface area (Å²) in [5, 5.41) is 23.3. The summed E-state index contributed by atoms with van der Waals surface area (Å²) in [4.78, 5) is 22.4. The summed E-state index contributed by atoms with van der Waals surface area (Å²) in [5.41, 5.74) is 1.98. The van der Waals surface area contributed by atoms with Crippen molar-refractivity contribution in [1.29, 1.82) is 0 Å². The molecule has 6 nitrogen and oxygen atoms in total. The van der Waals surface area contributed by atoms with Crippen LogP contribution in [0.1, 0.15) is 81.5 Å². The Labute approximate surface area is 130 Å². The van der Waals surface area contributed by atoms with E-state index in [9.17, 15) is 20.2 Å². The van der Waals surface area contributed by atoms with Crippen molar-refractivity contribution in [1.82, 2.24) is 0 Å². The molecule has 1 aromatic rings. The molecule has 0 unspecified atom stereocenters. The van der Waals surface area contributed by atoms with Crippen molar-refractivity contribution in [2.45, 2.75) is 66.2 Å². The van der Waals surface area contributed by atoms with Gasteiger partial charge in [-0.15, -0.1) is 0 Å². The van der Waals surface area contributed by atoms with E-state index in [0.717, 1.165) is 0 Å². The topological polar surface area (TPSA) is 86.3 Å². The summed E-state index contributed by atoms with van der Waals surface area (Å²) < 4.78 is 0. The molecule has 0 atom stereocenters. The van der Waals surface area contributed by atoms with Gasteiger partial charge in [0.1, 0.15) is 5.56 Å². The van der Waals surface area contributed by atoms with Crippen LogP contribution in [-0.4, -0.2) is 9.85 Å². The molecule has 22 heavy (non-hydrogen) atoms. The Hall–Kier alpha value is -1.98. The van der Waals surface area contributed by atoms with E-state index in [2.05, 4.69) is 0 Å². The minimum atomic E-state index is -0.464. The smallest absolute Gasteiger partial charge is 0.258 e. The first-order valence-electron chi connectivity index (χ1n) is 7.51. The van der Waals surface area contributed by atoms with Crippen LogP contribution < -0.4 is 0 Å². The predicted octanol–water partition coefficient (Wildman–Crippen LogP) is 5.18. The molecule has 1 rings (SSSR count). The lowest BCUT2D eigenvalue weighted by Crippen LogP contribution is -2.13. The number of benzene rings is 1. The Morgan fingerprint density at radius 1 is 0.682 bits per heavy atom. The Morgan fingerprint density at radius 2 is 0.955 bits per heavy atom. The number of hydrogen-bond acceptors (Lipinski definition) is 4. The van der Waals surface area contributed by atoms with Gasteiger partial charge in [0, 0.05) is 11.1 Å². The maximum Gasteiger partial charge on any atom is 0.283 e. The molecule has 0 saturated carbocycles. The van der Waals surface area contributed by atoms with E-state index >= 15 is 0 Å². The van der Waals surface area contributed by atoms with Crippen LogP contribution in [0.15, 0.2) is 0 Å². The molecule has 0 saturated heterocycles. The van der Waals surface area contributed by atoms with E-state index in [1.165, 1.54) is 0 Å². The zero-order valence-electron chi connectivity index (χ0n) is 14.3. The van der Waals surface area contributed by atoms with E-state index in [0.29, 0.717) is 16.7 Å². The predicted molar refractivity (Wildman–Crippen MR) is 86.8 cm³/mol. The Balaban J connectivity index is 4.16. The average Bonchev–Trinajstić information content (AvgIpc) is 2.34. The molecule has 0 N–H and O–H groups in total. The van der Waals surface area contributed by atoms with E-state index in [4.69, 9.17) is 0 Å². The van der Waals surface area contributed by atoms with Crippen LogP contribution in [0.2, 0.25) is 0 Å². The quantitative estimate of drug-likeness (QED) is 0.553. The van der Waals surface area contributed by atoms with Crippen LogP contribution in [0.25, 0.3) is 0 Å². The third kappa shape index (κ3) is 2.96. The minimum Gasteiger partial charge on any atom is -0.258 e. The highest BCUT2D eigenvalue weighted by molar-refractivity contribution is 5.68. The minimum absolute atomic E-state index is 0.0730. The van der Waals surface area contributed by atoms with Gasteiger partial charge in [0.15, 0.2) is 0 Å². The second kappa shape index (κ2) is 6.42. The highest BCUT2D eigenvalue weighted by Gasteiger charge is 2.37. The molecule has 0 aliphatic carbocycles. The molecule has 0 aromatic heterocycles. The van der Waals surface area contributed by atoms with E-state index in [1.54, 1.807) is 20.8 Å². The van der Waals surface area contributed by atoms with Crippen molar-refractivity contribution in [2.75, 3.05) is 0 Å². The Morgan fingerprint density at radius 3 is 1.14 bits per heavy atom. The zero-order chi connectivity index (χ0) is 17.4. The fourth-order valence-corrected chi connectivity index (χ4v) is 3.26. The number of nitrogens with zero attached hydrogens (tertiary/aromatic N) is 2. The fraction of sp³-hybridized carbons (Fsp3) is 0.625. The first-order chi connectivity index (χ1) is 10.0. The average molecular weight is 308 g/mol. The molecular formula is C16H24N2O4. The summed E-state index contributed by atoms with van der Waals surface area (Å²) in [7, 11) is 0. The normalized spacial score (nSPS) is 11.5. The SMILES string of the molecule is Cc1c(C(C)C)c([N+](=O)[O-])c(C(C)C)c([N+](=O)[O-])c1C(C)C. The van der Waals surface area contributed by atoms with Gasteiger partial charge < -0.3 is 0 Å². The first-order valence-corrected chi connectivity index (χ1v) is 7.51. The van der Waals surface area contributed by atoms with Crippen molar-refractivity contribution in [3.05, 3.63) is 42.5 Å². The Bertz CT molecular complexity index is 572. The van der Waals surface area contributed by atoms with Gasteiger partial charge in [-0.05, 0) is 30.2 Å². The van der Waals surface area contributed by atoms with Crippen LogP contribution in [0.5, 0.6) is 0 Å². The molecule has 0 fully saturated rings. The standard InChI is InChI=1S/C16H24N2O4/c1-8(2)12-11(7)13(9(3)4)16(18(21)22)14(10(5)6)15(12)17(19)20/h8-10H,1-7H3. The number of nitro groups is 2. The largest absolute Gasteiger partial charge is 0.283 e. The second-order valence-corrected chi connectivity index (χ2v) is 6.54. The zero-order valence-corrected chi connectivity index (χ0v) is 14.3. The monoisotopic (exact) mass is 308 g/mol. The van der Waals surface area contributed by atoms with Crippen molar-refractivity contribution in [3.8, 4) is 0 Å². The molecule has 0 spiro atoms. The maximum atomic E-state index is 11.6. The van der Waals surface area contributed by atoms with Crippen molar-refractivity contribution >= 4 is 11.4 Å². The van der Waals surface area contributed by atoms with Crippen molar-refractivity contribution < 1.29 is 9.85 Å². The van der Waals surface area contributed by atoms with Crippen LogP contribution in [0, 0.1) is 27.2 Å². The van der Waals surface area contributed by atoms with Crippen LogP contribution >= 0.6 is 0 Å². The maximum absolute atomic E-state index is 11.6. The molecule has 0 radical (unpaired) electrons. The fourth-order valence-electron chi connectivity index (χ4n) is 3.26. The lowest BCUT2D eigenvalue weighted by atomic mass is 9.81. The highest BCUT2D eigenvalue weighted by Crippen LogP contribution is 2.47. The first kappa shape index (κ1) is 18.1. The van der Waals surface area contributed by atoms with Crippen LogP contribution in [0.3, 0.4) is 0 Å². The molecule has 122 valence electrons.